The predicted molar refractivity (Wildman–Crippen MR) is 124 cm³/mol. The first-order chi connectivity index (χ1) is 15.2. The molecular weight excluding hydrogens is 410 g/mol. The minimum Gasteiger partial charge on any atom is -0.422 e. The maximum absolute atomic E-state index is 12.0. The number of anilines is 1. The van der Waals surface area contributed by atoms with Crippen molar-refractivity contribution in [3.63, 3.8) is 0 Å². The van der Waals surface area contributed by atoms with Crippen molar-refractivity contribution in [3.8, 4) is 5.75 Å². The number of nitrogens with zero attached hydrogens (tertiary/aromatic N) is 1. The number of nitrogens with one attached hydrogen (secondary N) is 2. The summed E-state index contributed by atoms with van der Waals surface area (Å²) in [5, 5.41) is 11.1. The number of rotatable bonds is 7. The molecule has 0 atom stereocenters. The average Bonchev–Trinajstić information content (AvgIpc) is 3.34. The average molecular weight is 430 g/mol. The third kappa shape index (κ3) is 5.55. The van der Waals surface area contributed by atoms with Gasteiger partial charge in [-0.2, -0.15) is 5.10 Å². The lowest BCUT2D eigenvalue weighted by Crippen LogP contribution is -2.25. The first kappa shape index (κ1) is 20.3. The number of ether oxygens (including phenoxy) is 1. The fraction of sp³-hybridized carbons (Fsp3) is 0.0417. The van der Waals surface area contributed by atoms with E-state index in [1.807, 2.05) is 47.8 Å². The zero-order valence-corrected chi connectivity index (χ0v) is 17.3. The monoisotopic (exact) mass is 429 g/mol. The third-order valence-electron chi connectivity index (χ3n) is 4.42. The Balaban J connectivity index is 1.24. The van der Waals surface area contributed by atoms with Gasteiger partial charge >= 0.3 is 5.97 Å². The van der Waals surface area contributed by atoms with Gasteiger partial charge in [-0.05, 0) is 64.2 Å². The molecule has 4 aromatic rings. The van der Waals surface area contributed by atoms with Crippen LogP contribution in [0.15, 0.2) is 89.3 Å². The van der Waals surface area contributed by atoms with Gasteiger partial charge in [-0.25, -0.2) is 10.2 Å². The van der Waals surface area contributed by atoms with Crippen LogP contribution in [0, 0.1) is 0 Å². The van der Waals surface area contributed by atoms with Crippen LogP contribution < -0.4 is 15.5 Å². The van der Waals surface area contributed by atoms with Gasteiger partial charge in [0.1, 0.15) is 10.6 Å². The molecule has 1 amide bonds. The molecule has 31 heavy (non-hydrogen) atoms. The van der Waals surface area contributed by atoms with Gasteiger partial charge in [-0.1, -0.05) is 36.4 Å². The summed E-state index contributed by atoms with van der Waals surface area (Å²) in [7, 11) is 0. The highest BCUT2D eigenvalue weighted by molar-refractivity contribution is 7.12. The van der Waals surface area contributed by atoms with Crippen LogP contribution in [0.25, 0.3) is 10.8 Å². The summed E-state index contributed by atoms with van der Waals surface area (Å²) >= 11 is 1.33. The van der Waals surface area contributed by atoms with Gasteiger partial charge in [0.2, 0.25) is 0 Å². The largest absolute Gasteiger partial charge is 0.422 e. The smallest absolute Gasteiger partial charge is 0.353 e. The minimum absolute atomic E-state index is 0.104. The molecule has 0 aliphatic heterocycles. The third-order valence-corrected chi connectivity index (χ3v) is 5.27. The van der Waals surface area contributed by atoms with Gasteiger partial charge in [-0.3, -0.25) is 4.79 Å². The molecule has 1 heterocycles. The number of hydrazone groups is 1. The van der Waals surface area contributed by atoms with Crippen molar-refractivity contribution in [1.29, 1.82) is 0 Å². The Kier molecular flexibility index (Phi) is 6.35. The number of hydrogen-bond acceptors (Lipinski definition) is 6. The van der Waals surface area contributed by atoms with Gasteiger partial charge in [0.05, 0.1) is 12.8 Å². The van der Waals surface area contributed by atoms with Crippen LogP contribution in [0.4, 0.5) is 5.69 Å². The maximum atomic E-state index is 12.0. The molecule has 0 unspecified atom stereocenters. The first-order valence-corrected chi connectivity index (χ1v) is 10.5. The topological polar surface area (TPSA) is 79.8 Å². The van der Waals surface area contributed by atoms with Crippen LogP contribution in [0.5, 0.6) is 5.75 Å². The SMILES string of the molecule is O=C(CNc1ccc2ccccc2c1)NN=Cc1ccc(OC(=O)c2cccs2)cc1. The second-order valence-electron chi connectivity index (χ2n) is 6.64. The Labute approximate surface area is 183 Å². The molecule has 6 nitrogen and oxygen atoms in total. The summed E-state index contributed by atoms with van der Waals surface area (Å²) in [6.45, 7) is 0.104. The minimum atomic E-state index is -0.386. The summed E-state index contributed by atoms with van der Waals surface area (Å²) in [4.78, 5) is 24.5. The molecule has 154 valence electrons. The molecule has 3 aromatic carbocycles. The summed E-state index contributed by atoms with van der Waals surface area (Å²) in [5.41, 5.74) is 4.12. The number of carbonyl (C=O) groups is 2. The molecule has 7 heteroatoms. The van der Waals surface area contributed by atoms with Crippen LogP contribution in [-0.2, 0) is 4.79 Å². The standard InChI is InChI=1S/C24H19N3O3S/c28-23(16-25-20-10-9-18-4-1-2-5-19(18)14-20)27-26-15-17-7-11-21(12-8-17)30-24(29)22-6-3-13-31-22/h1-15,25H,16H2,(H,27,28). The number of carbonyl (C=O) groups excluding carboxylic acids is 2. The first-order valence-electron chi connectivity index (χ1n) is 9.58. The molecule has 0 saturated heterocycles. The predicted octanol–water partition coefficient (Wildman–Crippen LogP) is 4.68. The molecule has 0 fully saturated rings. The van der Waals surface area contributed by atoms with Crippen molar-refractivity contribution < 1.29 is 14.3 Å². The number of fused-ring (bicyclic) bond motifs is 1. The van der Waals surface area contributed by atoms with E-state index in [0.29, 0.717) is 10.6 Å². The van der Waals surface area contributed by atoms with E-state index >= 15 is 0 Å². The van der Waals surface area contributed by atoms with Crippen molar-refractivity contribution in [2.75, 3.05) is 11.9 Å². The quantitative estimate of drug-likeness (QED) is 0.193. The van der Waals surface area contributed by atoms with Crippen molar-refractivity contribution in [2.45, 2.75) is 0 Å². The number of amides is 1. The van der Waals surface area contributed by atoms with Crippen molar-refractivity contribution >= 4 is 45.9 Å². The van der Waals surface area contributed by atoms with Crippen LogP contribution in [0.1, 0.15) is 15.2 Å². The molecule has 0 spiro atoms. The Bertz CT molecular complexity index is 1220. The zero-order chi connectivity index (χ0) is 21.5. The van der Waals surface area contributed by atoms with E-state index in [2.05, 4.69) is 15.8 Å². The number of thiophene rings is 1. The molecule has 1 aromatic heterocycles. The van der Waals surface area contributed by atoms with Crippen LogP contribution in [0.2, 0.25) is 0 Å². The Morgan fingerprint density at radius 2 is 1.74 bits per heavy atom. The molecular formula is C24H19N3O3S. The van der Waals surface area contributed by atoms with Gasteiger partial charge in [-0.15, -0.1) is 11.3 Å². The Morgan fingerprint density at radius 3 is 2.52 bits per heavy atom. The number of esters is 1. The van der Waals surface area contributed by atoms with E-state index in [0.717, 1.165) is 22.0 Å². The Hall–Kier alpha value is -3.97. The van der Waals surface area contributed by atoms with Crippen molar-refractivity contribution in [2.24, 2.45) is 5.10 Å². The molecule has 4 rings (SSSR count). The van der Waals surface area contributed by atoms with Crippen molar-refractivity contribution in [3.05, 3.63) is 94.7 Å². The van der Waals surface area contributed by atoms with E-state index < -0.39 is 0 Å². The molecule has 0 aliphatic rings. The van der Waals surface area contributed by atoms with E-state index in [1.165, 1.54) is 17.6 Å². The zero-order valence-electron chi connectivity index (χ0n) is 16.4. The van der Waals surface area contributed by atoms with Crippen LogP contribution in [-0.4, -0.2) is 24.6 Å². The van der Waals surface area contributed by atoms with E-state index in [1.54, 1.807) is 36.4 Å². The highest BCUT2D eigenvalue weighted by Gasteiger charge is 2.09. The second-order valence-corrected chi connectivity index (χ2v) is 7.59. The van der Waals surface area contributed by atoms with Crippen LogP contribution in [0.3, 0.4) is 0 Å². The summed E-state index contributed by atoms with van der Waals surface area (Å²) < 4.78 is 5.31. The lowest BCUT2D eigenvalue weighted by molar-refractivity contribution is -0.119. The van der Waals surface area contributed by atoms with E-state index in [9.17, 15) is 9.59 Å². The highest BCUT2D eigenvalue weighted by Crippen LogP contribution is 2.18. The Morgan fingerprint density at radius 1 is 0.935 bits per heavy atom. The molecule has 0 saturated carbocycles. The van der Waals surface area contributed by atoms with E-state index in [-0.39, 0.29) is 18.4 Å². The normalized spacial score (nSPS) is 10.8. The van der Waals surface area contributed by atoms with Gasteiger partial charge < -0.3 is 10.1 Å². The van der Waals surface area contributed by atoms with Gasteiger partial charge in [0, 0.05) is 5.69 Å². The molecule has 0 bridgehead atoms. The van der Waals surface area contributed by atoms with Crippen LogP contribution >= 0.6 is 11.3 Å². The fourth-order valence-corrected chi connectivity index (χ4v) is 3.47. The lowest BCUT2D eigenvalue weighted by Gasteiger charge is -2.06. The fourth-order valence-electron chi connectivity index (χ4n) is 2.87. The van der Waals surface area contributed by atoms with Gasteiger partial charge in [0.25, 0.3) is 5.91 Å². The number of benzene rings is 3. The van der Waals surface area contributed by atoms with Crippen molar-refractivity contribution in [1.82, 2.24) is 5.43 Å². The number of hydrogen-bond donors (Lipinski definition) is 2. The maximum Gasteiger partial charge on any atom is 0.353 e. The van der Waals surface area contributed by atoms with Gasteiger partial charge in [0.15, 0.2) is 0 Å². The summed E-state index contributed by atoms with van der Waals surface area (Å²) in [6, 6.07) is 24.4. The summed E-state index contributed by atoms with van der Waals surface area (Å²) in [6.07, 6.45) is 1.53. The molecule has 0 aliphatic carbocycles. The molecule has 2 N–H and O–H groups in total. The highest BCUT2D eigenvalue weighted by atomic mass is 32.1. The van der Waals surface area contributed by atoms with E-state index in [4.69, 9.17) is 4.74 Å². The lowest BCUT2D eigenvalue weighted by atomic mass is 10.1. The summed E-state index contributed by atoms with van der Waals surface area (Å²) in [5.74, 6) is -0.201. The molecule has 0 radical (unpaired) electrons. The second kappa shape index (κ2) is 9.69.